The van der Waals surface area contributed by atoms with Crippen LogP contribution < -0.4 is 5.32 Å². The molecule has 1 aliphatic heterocycles. The van der Waals surface area contributed by atoms with E-state index in [-0.39, 0.29) is 5.91 Å². The molecule has 32 heavy (non-hydrogen) atoms. The second-order valence-corrected chi connectivity index (χ2v) is 9.55. The first-order valence-electron chi connectivity index (χ1n) is 11.3. The van der Waals surface area contributed by atoms with Crippen molar-refractivity contribution in [2.24, 2.45) is 0 Å². The van der Waals surface area contributed by atoms with E-state index in [0.29, 0.717) is 11.7 Å². The van der Waals surface area contributed by atoms with Crippen LogP contribution in [0.3, 0.4) is 0 Å². The summed E-state index contributed by atoms with van der Waals surface area (Å²) < 4.78 is 0. The minimum atomic E-state index is 0.0143. The van der Waals surface area contributed by atoms with E-state index >= 15 is 0 Å². The lowest BCUT2D eigenvalue weighted by molar-refractivity contribution is -0.117. The van der Waals surface area contributed by atoms with Gasteiger partial charge in [0.2, 0.25) is 5.91 Å². The molecular formula is C26H32N4OS. The van der Waals surface area contributed by atoms with E-state index in [2.05, 4.69) is 83.3 Å². The summed E-state index contributed by atoms with van der Waals surface area (Å²) >= 11 is 1.49. The lowest BCUT2D eigenvalue weighted by atomic mass is 9.99. The lowest BCUT2D eigenvalue weighted by Gasteiger charge is -2.34. The van der Waals surface area contributed by atoms with E-state index in [4.69, 9.17) is 0 Å². The quantitative estimate of drug-likeness (QED) is 0.577. The largest absolute Gasteiger partial charge is 0.301 e. The van der Waals surface area contributed by atoms with E-state index in [9.17, 15) is 4.79 Å². The number of benzene rings is 2. The van der Waals surface area contributed by atoms with Gasteiger partial charge in [-0.2, -0.15) is 0 Å². The van der Waals surface area contributed by atoms with E-state index in [1.165, 1.54) is 33.6 Å². The molecule has 0 bridgehead atoms. The molecule has 1 aliphatic rings. The number of thiazole rings is 1. The zero-order valence-corrected chi connectivity index (χ0v) is 20.0. The molecule has 2 aromatic carbocycles. The van der Waals surface area contributed by atoms with E-state index in [1.54, 1.807) is 0 Å². The van der Waals surface area contributed by atoms with Crippen LogP contribution in [0, 0.1) is 20.8 Å². The van der Waals surface area contributed by atoms with E-state index < -0.39 is 0 Å². The third-order valence-corrected chi connectivity index (χ3v) is 7.02. The Balaban J connectivity index is 1.24. The van der Waals surface area contributed by atoms with Gasteiger partial charge in [-0.25, -0.2) is 4.98 Å². The van der Waals surface area contributed by atoms with Crippen molar-refractivity contribution in [3.63, 3.8) is 0 Å². The van der Waals surface area contributed by atoms with Crippen LogP contribution in [0.25, 0.3) is 11.3 Å². The van der Waals surface area contributed by atoms with Crippen LogP contribution in [0.4, 0.5) is 5.13 Å². The number of nitrogens with one attached hydrogen (secondary N) is 1. The molecule has 168 valence electrons. The van der Waals surface area contributed by atoms with Crippen molar-refractivity contribution in [3.8, 4) is 11.3 Å². The number of aromatic nitrogens is 1. The van der Waals surface area contributed by atoms with Gasteiger partial charge in [-0.1, -0.05) is 36.4 Å². The minimum Gasteiger partial charge on any atom is -0.301 e. The highest BCUT2D eigenvalue weighted by atomic mass is 32.1. The van der Waals surface area contributed by atoms with Crippen LogP contribution in [-0.2, 0) is 11.2 Å². The number of piperazine rings is 1. The number of rotatable bonds is 7. The van der Waals surface area contributed by atoms with Crippen LogP contribution >= 0.6 is 11.3 Å². The first-order valence-corrected chi connectivity index (χ1v) is 12.2. The normalized spacial score (nSPS) is 15.1. The molecule has 1 N–H and O–H groups in total. The number of nitrogens with zero attached hydrogens (tertiary/aromatic N) is 3. The van der Waals surface area contributed by atoms with Crippen molar-refractivity contribution in [1.82, 2.24) is 14.8 Å². The fraction of sp³-hybridized carbons (Fsp3) is 0.385. The van der Waals surface area contributed by atoms with Gasteiger partial charge in [-0.05, 0) is 55.5 Å². The fourth-order valence-corrected chi connectivity index (χ4v) is 4.88. The maximum atomic E-state index is 12.6. The van der Waals surface area contributed by atoms with Gasteiger partial charge >= 0.3 is 0 Å². The topological polar surface area (TPSA) is 48.5 Å². The zero-order chi connectivity index (χ0) is 22.5. The van der Waals surface area contributed by atoms with Crippen molar-refractivity contribution in [1.29, 1.82) is 0 Å². The van der Waals surface area contributed by atoms with Crippen molar-refractivity contribution in [2.75, 3.05) is 44.6 Å². The molecule has 0 atom stereocenters. The third-order valence-electron chi connectivity index (χ3n) is 6.26. The summed E-state index contributed by atoms with van der Waals surface area (Å²) in [5, 5.41) is 5.69. The van der Waals surface area contributed by atoms with Crippen molar-refractivity contribution < 1.29 is 4.79 Å². The number of carbonyl (C=O) groups excluding carboxylic acids is 1. The van der Waals surface area contributed by atoms with E-state index in [0.717, 1.165) is 50.4 Å². The molecule has 1 aromatic heterocycles. The molecule has 5 nitrogen and oxygen atoms in total. The Labute approximate surface area is 195 Å². The fourth-order valence-electron chi connectivity index (χ4n) is 4.16. The molecule has 0 unspecified atom stereocenters. The van der Waals surface area contributed by atoms with Gasteiger partial charge in [0.15, 0.2) is 5.13 Å². The lowest BCUT2D eigenvalue weighted by Crippen LogP contribution is -2.49. The highest BCUT2D eigenvalue weighted by Gasteiger charge is 2.19. The average Bonchev–Trinajstić information content (AvgIpc) is 3.24. The molecule has 6 heteroatoms. The highest BCUT2D eigenvalue weighted by molar-refractivity contribution is 7.14. The van der Waals surface area contributed by atoms with Crippen LogP contribution in [0.1, 0.15) is 22.3 Å². The maximum Gasteiger partial charge on any atom is 0.240 e. The predicted molar refractivity (Wildman–Crippen MR) is 133 cm³/mol. The average molecular weight is 449 g/mol. The molecule has 0 radical (unpaired) electrons. The number of hydrogen-bond acceptors (Lipinski definition) is 5. The van der Waals surface area contributed by atoms with Crippen LogP contribution in [0.2, 0.25) is 0 Å². The Morgan fingerprint density at radius 1 is 0.969 bits per heavy atom. The molecular weight excluding hydrogens is 416 g/mol. The van der Waals surface area contributed by atoms with Crippen LogP contribution in [0.5, 0.6) is 0 Å². The van der Waals surface area contributed by atoms with Crippen molar-refractivity contribution in [2.45, 2.75) is 27.2 Å². The second-order valence-electron chi connectivity index (χ2n) is 8.69. The molecule has 1 fully saturated rings. The van der Waals surface area contributed by atoms with Crippen molar-refractivity contribution in [3.05, 3.63) is 70.1 Å². The van der Waals surface area contributed by atoms with Gasteiger partial charge in [-0.3, -0.25) is 9.69 Å². The van der Waals surface area contributed by atoms with Gasteiger partial charge in [0.1, 0.15) is 0 Å². The minimum absolute atomic E-state index is 0.0143. The van der Waals surface area contributed by atoms with Crippen LogP contribution in [-0.4, -0.2) is 60.0 Å². The second kappa shape index (κ2) is 10.4. The maximum absolute atomic E-state index is 12.6. The first kappa shape index (κ1) is 22.6. The number of carbonyl (C=O) groups is 1. The summed E-state index contributed by atoms with van der Waals surface area (Å²) in [6.45, 7) is 11.7. The van der Waals surface area contributed by atoms with Crippen LogP contribution in [0.15, 0.2) is 47.8 Å². The van der Waals surface area contributed by atoms with E-state index in [1.807, 2.05) is 5.38 Å². The number of hydrogen-bond donors (Lipinski definition) is 1. The van der Waals surface area contributed by atoms with Gasteiger partial charge in [0.05, 0.1) is 12.2 Å². The smallest absolute Gasteiger partial charge is 0.240 e. The molecule has 2 heterocycles. The van der Waals surface area contributed by atoms with Gasteiger partial charge in [-0.15, -0.1) is 11.3 Å². The Hall–Kier alpha value is -2.54. The van der Waals surface area contributed by atoms with Gasteiger partial charge in [0.25, 0.3) is 0 Å². The first-order chi connectivity index (χ1) is 15.5. The molecule has 1 amide bonds. The zero-order valence-electron chi connectivity index (χ0n) is 19.2. The number of amides is 1. The molecule has 1 saturated heterocycles. The summed E-state index contributed by atoms with van der Waals surface area (Å²) in [6, 6.07) is 15.0. The number of anilines is 1. The summed E-state index contributed by atoms with van der Waals surface area (Å²) in [4.78, 5) is 22.0. The molecule has 0 spiro atoms. The van der Waals surface area contributed by atoms with Gasteiger partial charge in [0, 0.05) is 43.7 Å². The molecule has 4 rings (SSSR count). The molecule has 0 aliphatic carbocycles. The summed E-state index contributed by atoms with van der Waals surface area (Å²) in [5.74, 6) is 0.0143. The Kier molecular flexibility index (Phi) is 7.35. The Morgan fingerprint density at radius 3 is 2.41 bits per heavy atom. The SMILES string of the molecule is Cc1cc(C)c(-c2csc(NC(=O)CN3CCN(CCc4ccccc4)CC3)n2)cc1C. The molecule has 3 aromatic rings. The summed E-state index contributed by atoms with van der Waals surface area (Å²) in [7, 11) is 0. The predicted octanol–water partition coefficient (Wildman–Crippen LogP) is 4.53. The third kappa shape index (κ3) is 5.82. The summed E-state index contributed by atoms with van der Waals surface area (Å²) in [6.07, 6.45) is 1.08. The summed E-state index contributed by atoms with van der Waals surface area (Å²) in [5.41, 5.74) is 7.20. The Morgan fingerprint density at radius 2 is 1.66 bits per heavy atom. The van der Waals surface area contributed by atoms with Gasteiger partial charge < -0.3 is 10.2 Å². The monoisotopic (exact) mass is 448 g/mol. The number of aryl methyl sites for hydroxylation is 3. The highest BCUT2D eigenvalue weighted by Crippen LogP contribution is 2.29. The Bertz CT molecular complexity index is 1050. The van der Waals surface area contributed by atoms with Crippen molar-refractivity contribution >= 4 is 22.4 Å². The molecule has 0 saturated carbocycles. The standard InChI is InChI=1S/C26H32N4OS/c1-19-15-21(3)23(16-20(19)2)24-18-32-26(27-24)28-25(31)17-30-13-11-29(12-14-30)10-9-22-7-5-4-6-8-22/h4-8,15-16,18H,9-14,17H2,1-3H3,(H,27,28,31).